The highest BCUT2D eigenvalue weighted by atomic mass is 35.5. The molecule has 2 heterocycles. The number of unbranched alkanes of at least 4 members (excludes halogenated alkanes) is 2. The first-order chi connectivity index (χ1) is 18.5. The van der Waals surface area contributed by atoms with Crippen LogP contribution in [-0.4, -0.2) is 37.3 Å². The molecule has 0 spiro atoms. The lowest BCUT2D eigenvalue weighted by Crippen LogP contribution is -2.42. The highest BCUT2D eigenvalue weighted by Gasteiger charge is 2.33. The molecular weight excluding hydrogens is 498 g/mol. The quantitative estimate of drug-likeness (QED) is 0.243. The Hall–Kier alpha value is -3.61. The number of para-hydroxylation sites is 1. The highest BCUT2D eigenvalue weighted by molar-refractivity contribution is 6.30. The number of halogens is 1. The number of rotatable bonds is 8. The number of aromatic nitrogens is 2. The summed E-state index contributed by atoms with van der Waals surface area (Å²) in [5, 5.41) is 23.8. The minimum absolute atomic E-state index is 0.0211. The minimum Gasteiger partial charge on any atom is -0.508 e. The van der Waals surface area contributed by atoms with Crippen LogP contribution in [0.25, 0.3) is 11.3 Å². The molecule has 38 heavy (non-hydrogen) atoms. The summed E-state index contributed by atoms with van der Waals surface area (Å²) in [4.78, 5) is 15.3. The number of phenols is 1. The van der Waals surface area contributed by atoms with Gasteiger partial charge in [-0.15, -0.1) is 0 Å². The van der Waals surface area contributed by atoms with Crippen LogP contribution >= 0.6 is 11.6 Å². The molecule has 0 radical (unpaired) electrons. The summed E-state index contributed by atoms with van der Waals surface area (Å²) in [7, 11) is 0. The number of amides is 1. The Balaban J connectivity index is 0.000000417. The van der Waals surface area contributed by atoms with Crippen LogP contribution in [0.4, 0.5) is 0 Å². The summed E-state index contributed by atoms with van der Waals surface area (Å²) in [6.07, 6.45) is 4.40. The first-order valence-electron chi connectivity index (χ1n) is 13.1. The minimum atomic E-state index is -0.0310. The Bertz CT molecular complexity index is 1320. The number of nitrogens with zero attached hydrogens (tertiary/aromatic N) is 3. The van der Waals surface area contributed by atoms with Gasteiger partial charge in [-0.05, 0) is 47.9 Å². The molecular formula is C31H34ClN3O3. The number of benzene rings is 3. The second-order valence-corrected chi connectivity index (χ2v) is 9.90. The van der Waals surface area contributed by atoms with Gasteiger partial charge in [0.2, 0.25) is 0 Å². The molecule has 1 aliphatic heterocycles. The number of aromatic hydroxyl groups is 1. The van der Waals surface area contributed by atoms with E-state index in [-0.39, 0.29) is 18.6 Å². The van der Waals surface area contributed by atoms with Gasteiger partial charge in [0.05, 0.1) is 18.3 Å². The molecule has 1 unspecified atom stereocenters. The summed E-state index contributed by atoms with van der Waals surface area (Å²) in [6, 6.07) is 26.0. The fraction of sp³-hybridized carbons (Fsp3) is 0.290. The van der Waals surface area contributed by atoms with Crippen LogP contribution in [0.2, 0.25) is 5.02 Å². The lowest BCUT2D eigenvalue weighted by Gasteiger charge is -2.34. The van der Waals surface area contributed by atoms with Crippen LogP contribution in [0.5, 0.6) is 5.75 Å². The Kier molecular flexibility index (Phi) is 9.57. The molecule has 6 nitrogen and oxygen atoms in total. The van der Waals surface area contributed by atoms with Crippen molar-refractivity contribution in [2.24, 2.45) is 0 Å². The SMILES string of the molecule is CCCCCC1CN(Cc2ccccc2CO)C(=O)c2cc(-c3ccc(Cl)cc3)nn21.Oc1ccccc1. The zero-order valence-corrected chi connectivity index (χ0v) is 22.4. The maximum atomic E-state index is 13.4. The van der Waals surface area contributed by atoms with Crippen LogP contribution in [-0.2, 0) is 13.2 Å². The average Bonchev–Trinajstić information content (AvgIpc) is 3.39. The average molecular weight is 532 g/mol. The van der Waals surface area contributed by atoms with Gasteiger partial charge in [-0.3, -0.25) is 9.48 Å². The summed E-state index contributed by atoms with van der Waals surface area (Å²) in [6.45, 7) is 3.27. The molecule has 1 aromatic heterocycles. The molecule has 7 heteroatoms. The maximum Gasteiger partial charge on any atom is 0.272 e. The molecule has 0 saturated heterocycles. The number of aliphatic hydroxyl groups is 1. The predicted molar refractivity (Wildman–Crippen MR) is 151 cm³/mol. The molecule has 1 aliphatic rings. The van der Waals surface area contributed by atoms with Gasteiger partial charge >= 0.3 is 0 Å². The molecule has 4 aromatic rings. The zero-order valence-electron chi connectivity index (χ0n) is 21.6. The molecule has 2 N–H and O–H groups in total. The molecule has 1 atom stereocenters. The van der Waals surface area contributed by atoms with E-state index < -0.39 is 0 Å². The Morgan fingerprint density at radius 2 is 1.63 bits per heavy atom. The summed E-state index contributed by atoms with van der Waals surface area (Å²) in [5.74, 6) is 0.301. The fourth-order valence-electron chi connectivity index (χ4n) is 4.65. The fourth-order valence-corrected chi connectivity index (χ4v) is 4.78. The first-order valence-corrected chi connectivity index (χ1v) is 13.4. The van der Waals surface area contributed by atoms with Gasteiger partial charge in [0.1, 0.15) is 11.4 Å². The van der Waals surface area contributed by atoms with Crippen molar-refractivity contribution < 1.29 is 15.0 Å². The first kappa shape index (κ1) is 27.4. The van der Waals surface area contributed by atoms with Gasteiger partial charge in [-0.2, -0.15) is 5.10 Å². The Labute approximate surface area is 229 Å². The van der Waals surface area contributed by atoms with Crippen molar-refractivity contribution in [3.63, 3.8) is 0 Å². The summed E-state index contributed by atoms with van der Waals surface area (Å²) < 4.78 is 1.93. The topological polar surface area (TPSA) is 78.6 Å². The van der Waals surface area contributed by atoms with E-state index in [1.165, 1.54) is 6.42 Å². The number of hydrogen-bond donors (Lipinski definition) is 2. The molecule has 0 aliphatic carbocycles. The number of hydrogen-bond acceptors (Lipinski definition) is 4. The van der Waals surface area contributed by atoms with Gasteiger partial charge in [0.25, 0.3) is 5.91 Å². The third kappa shape index (κ3) is 6.82. The molecule has 1 amide bonds. The summed E-state index contributed by atoms with van der Waals surface area (Å²) >= 11 is 6.03. The van der Waals surface area contributed by atoms with Gasteiger partial charge in [0.15, 0.2) is 0 Å². The highest BCUT2D eigenvalue weighted by Crippen LogP contribution is 2.31. The normalized spacial score (nSPS) is 14.6. The van der Waals surface area contributed by atoms with Crippen molar-refractivity contribution in [1.29, 1.82) is 0 Å². The lowest BCUT2D eigenvalue weighted by molar-refractivity contribution is 0.0633. The van der Waals surface area contributed by atoms with Crippen LogP contribution < -0.4 is 0 Å². The van der Waals surface area contributed by atoms with Crippen molar-refractivity contribution in [3.05, 3.63) is 107 Å². The van der Waals surface area contributed by atoms with E-state index in [4.69, 9.17) is 21.8 Å². The van der Waals surface area contributed by atoms with Gasteiger partial charge in [-0.1, -0.05) is 92.4 Å². The smallest absolute Gasteiger partial charge is 0.272 e. The van der Waals surface area contributed by atoms with E-state index >= 15 is 0 Å². The molecule has 198 valence electrons. The predicted octanol–water partition coefficient (Wildman–Crippen LogP) is 6.87. The second-order valence-electron chi connectivity index (χ2n) is 9.46. The molecule has 3 aromatic carbocycles. The van der Waals surface area contributed by atoms with Crippen molar-refractivity contribution in [2.75, 3.05) is 6.54 Å². The Morgan fingerprint density at radius 1 is 0.947 bits per heavy atom. The van der Waals surface area contributed by atoms with Gasteiger partial charge in [-0.25, -0.2) is 0 Å². The number of carbonyl (C=O) groups is 1. The summed E-state index contributed by atoms with van der Waals surface area (Å²) in [5.41, 5.74) is 4.20. The van der Waals surface area contributed by atoms with E-state index in [1.807, 2.05) is 70.2 Å². The molecule has 0 saturated carbocycles. The number of aliphatic hydroxyl groups excluding tert-OH is 1. The monoisotopic (exact) mass is 531 g/mol. The molecule has 5 rings (SSSR count). The van der Waals surface area contributed by atoms with E-state index in [0.717, 1.165) is 41.6 Å². The van der Waals surface area contributed by atoms with Crippen LogP contribution in [0.1, 0.15) is 60.3 Å². The third-order valence-corrected chi connectivity index (χ3v) is 6.96. The number of carbonyl (C=O) groups excluding carboxylic acids is 1. The van der Waals surface area contributed by atoms with Crippen molar-refractivity contribution in [3.8, 4) is 17.0 Å². The number of phenolic OH excluding ortho intramolecular Hbond substituents is 1. The van der Waals surface area contributed by atoms with Crippen LogP contribution in [0.15, 0.2) is 84.9 Å². The van der Waals surface area contributed by atoms with E-state index in [9.17, 15) is 9.90 Å². The largest absolute Gasteiger partial charge is 0.508 e. The van der Waals surface area contributed by atoms with Gasteiger partial charge < -0.3 is 15.1 Å². The molecule has 0 fully saturated rings. The van der Waals surface area contributed by atoms with Crippen molar-refractivity contribution in [2.45, 2.75) is 51.8 Å². The number of fused-ring (bicyclic) bond motifs is 1. The Morgan fingerprint density at radius 3 is 2.26 bits per heavy atom. The van der Waals surface area contributed by atoms with E-state index in [1.54, 1.807) is 24.3 Å². The lowest BCUT2D eigenvalue weighted by atomic mass is 10.0. The van der Waals surface area contributed by atoms with Gasteiger partial charge in [0, 0.05) is 23.7 Å². The zero-order chi connectivity index (χ0) is 26.9. The van der Waals surface area contributed by atoms with Crippen molar-refractivity contribution >= 4 is 17.5 Å². The van der Waals surface area contributed by atoms with Crippen LogP contribution in [0, 0.1) is 0 Å². The standard InChI is InChI=1S/C25H28ClN3O2.C6H6O/c1-2-3-4-9-22-16-28(15-19-7-5-6-8-20(19)17-30)25(31)24-14-23(27-29(22)24)18-10-12-21(26)13-11-18;7-6-4-2-1-3-5-6/h5-8,10-14,22,30H,2-4,9,15-17H2,1H3;1-5,7H. The maximum absolute atomic E-state index is 13.4. The van der Waals surface area contributed by atoms with Crippen molar-refractivity contribution in [1.82, 2.24) is 14.7 Å². The third-order valence-electron chi connectivity index (χ3n) is 6.71. The van der Waals surface area contributed by atoms with E-state index in [2.05, 4.69) is 6.92 Å². The van der Waals surface area contributed by atoms with Crippen LogP contribution in [0.3, 0.4) is 0 Å². The molecule has 0 bridgehead atoms. The van der Waals surface area contributed by atoms with E-state index in [0.29, 0.717) is 29.6 Å². The second kappa shape index (κ2) is 13.3.